The summed E-state index contributed by atoms with van der Waals surface area (Å²) in [7, 11) is 0. The van der Waals surface area contributed by atoms with Gasteiger partial charge in [-0.25, -0.2) is 9.97 Å². The molecule has 0 spiro atoms. The van der Waals surface area contributed by atoms with E-state index in [1.54, 1.807) is 6.07 Å². The molecule has 0 N–H and O–H groups in total. The maximum Gasteiger partial charge on any atom is 0.222 e. The van der Waals surface area contributed by atoms with Crippen LogP contribution in [-0.2, 0) is 11.2 Å². The molecule has 10 heavy (non-hydrogen) atoms. The molecule has 0 aromatic carbocycles. The first-order valence-corrected chi connectivity index (χ1v) is 3.12. The Morgan fingerprint density at radius 2 is 2.50 bits per heavy atom. The van der Waals surface area contributed by atoms with Crippen molar-refractivity contribution < 1.29 is 4.79 Å². The third kappa shape index (κ3) is 1.77. The number of halogens is 1. The molecule has 0 fully saturated rings. The third-order valence-corrected chi connectivity index (χ3v) is 1.16. The van der Waals surface area contributed by atoms with E-state index in [1.807, 2.05) is 0 Å². The summed E-state index contributed by atoms with van der Waals surface area (Å²) < 4.78 is 0. The second-order valence-electron chi connectivity index (χ2n) is 1.69. The van der Waals surface area contributed by atoms with Crippen molar-refractivity contribution in [1.82, 2.24) is 9.97 Å². The van der Waals surface area contributed by atoms with Gasteiger partial charge in [-0.2, -0.15) is 0 Å². The minimum absolute atomic E-state index is 0.180. The van der Waals surface area contributed by atoms with Gasteiger partial charge in [0.1, 0.15) is 6.29 Å². The van der Waals surface area contributed by atoms with E-state index in [0.717, 1.165) is 6.29 Å². The zero-order valence-electron chi connectivity index (χ0n) is 5.12. The normalized spacial score (nSPS) is 9.30. The number of carbonyl (C=O) groups is 1. The van der Waals surface area contributed by atoms with Gasteiger partial charge in [0.2, 0.25) is 5.28 Å². The van der Waals surface area contributed by atoms with Crippen molar-refractivity contribution in [1.29, 1.82) is 0 Å². The highest BCUT2D eigenvalue weighted by molar-refractivity contribution is 6.28. The molecule has 0 aliphatic rings. The lowest BCUT2D eigenvalue weighted by molar-refractivity contribution is -0.107. The van der Waals surface area contributed by atoms with Gasteiger partial charge in [-0.3, -0.25) is 0 Å². The van der Waals surface area contributed by atoms with E-state index in [4.69, 9.17) is 11.6 Å². The molecule has 0 aliphatic heterocycles. The van der Waals surface area contributed by atoms with Crippen molar-refractivity contribution >= 4 is 17.9 Å². The molecule has 0 unspecified atom stereocenters. The van der Waals surface area contributed by atoms with Gasteiger partial charge in [0, 0.05) is 12.6 Å². The van der Waals surface area contributed by atoms with Gasteiger partial charge in [-0.05, 0) is 17.7 Å². The lowest BCUT2D eigenvalue weighted by Gasteiger charge is -1.91. The lowest BCUT2D eigenvalue weighted by atomic mass is 10.3. The van der Waals surface area contributed by atoms with E-state index >= 15 is 0 Å². The number of hydrogen-bond donors (Lipinski definition) is 0. The van der Waals surface area contributed by atoms with Gasteiger partial charge in [0.15, 0.2) is 0 Å². The van der Waals surface area contributed by atoms with Crippen molar-refractivity contribution in [3.05, 3.63) is 23.2 Å². The fraction of sp³-hybridized carbons (Fsp3) is 0.167. The first-order valence-electron chi connectivity index (χ1n) is 2.74. The third-order valence-electron chi connectivity index (χ3n) is 0.976. The van der Waals surface area contributed by atoms with E-state index in [-0.39, 0.29) is 5.28 Å². The van der Waals surface area contributed by atoms with E-state index in [2.05, 4.69) is 9.97 Å². The summed E-state index contributed by atoms with van der Waals surface area (Å²) in [4.78, 5) is 17.4. The first kappa shape index (κ1) is 7.15. The van der Waals surface area contributed by atoms with E-state index in [0.29, 0.717) is 12.1 Å². The molecule has 1 aromatic heterocycles. The van der Waals surface area contributed by atoms with Gasteiger partial charge in [0.25, 0.3) is 0 Å². The number of hydrogen-bond acceptors (Lipinski definition) is 3. The Morgan fingerprint density at radius 1 is 1.70 bits per heavy atom. The molecule has 1 aromatic rings. The zero-order valence-corrected chi connectivity index (χ0v) is 5.88. The van der Waals surface area contributed by atoms with Crippen LogP contribution in [0.15, 0.2) is 12.3 Å². The molecule has 0 amide bonds. The molecule has 0 saturated heterocycles. The van der Waals surface area contributed by atoms with Gasteiger partial charge in [-0.1, -0.05) is 0 Å². The predicted octanol–water partition coefficient (Wildman–Crippen LogP) is 0.871. The van der Waals surface area contributed by atoms with Crippen LogP contribution < -0.4 is 0 Å². The minimum atomic E-state index is 0.180. The summed E-state index contributed by atoms with van der Waals surface area (Å²) in [5.74, 6) is 0. The minimum Gasteiger partial charge on any atom is -0.303 e. The number of rotatable bonds is 2. The van der Waals surface area contributed by atoms with Crippen molar-refractivity contribution in [3.8, 4) is 0 Å². The Hall–Kier alpha value is -0.960. The molecule has 0 atom stereocenters. The smallest absolute Gasteiger partial charge is 0.222 e. The van der Waals surface area contributed by atoms with Crippen LogP contribution in [0.2, 0.25) is 5.28 Å². The summed E-state index contributed by atoms with van der Waals surface area (Å²) in [6, 6.07) is 1.65. The van der Waals surface area contributed by atoms with Gasteiger partial charge in [-0.15, -0.1) is 0 Å². The van der Waals surface area contributed by atoms with Crippen LogP contribution in [0, 0.1) is 0 Å². The van der Waals surface area contributed by atoms with E-state index in [9.17, 15) is 4.79 Å². The van der Waals surface area contributed by atoms with Crippen LogP contribution in [-0.4, -0.2) is 16.3 Å². The number of carbonyl (C=O) groups excluding carboxylic acids is 1. The Morgan fingerprint density at radius 3 is 3.10 bits per heavy atom. The van der Waals surface area contributed by atoms with E-state index in [1.165, 1.54) is 6.20 Å². The average Bonchev–Trinajstić information content (AvgIpc) is 1.88. The SMILES string of the molecule is O=CCc1ccnc(Cl)n1. The maximum absolute atomic E-state index is 9.98. The summed E-state index contributed by atoms with van der Waals surface area (Å²) in [5, 5.41) is 0.180. The van der Waals surface area contributed by atoms with Crippen LogP contribution in [0.1, 0.15) is 5.69 Å². The topological polar surface area (TPSA) is 42.9 Å². The van der Waals surface area contributed by atoms with Gasteiger partial charge < -0.3 is 4.79 Å². The van der Waals surface area contributed by atoms with Gasteiger partial charge in [0.05, 0.1) is 5.69 Å². The zero-order chi connectivity index (χ0) is 7.40. The molecular weight excluding hydrogens is 152 g/mol. The fourth-order valence-corrected chi connectivity index (χ4v) is 0.733. The number of aromatic nitrogens is 2. The molecule has 1 rings (SSSR count). The lowest BCUT2D eigenvalue weighted by Crippen LogP contribution is -1.91. The monoisotopic (exact) mass is 156 g/mol. The molecule has 52 valence electrons. The van der Waals surface area contributed by atoms with Crippen molar-refractivity contribution in [3.63, 3.8) is 0 Å². The Labute approximate surface area is 63.1 Å². The second kappa shape index (κ2) is 3.27. The second-order valence-corrected chi connectivity index (χ2v) is 2.03. The van der Waals surface area contributed by atoms with Crippen LogP contribution in [0.5, 0.6) is 0 Å². The molecule has 0 saturated carbocycles. The maximum atomic E-state index is 9.98. The molecular formula is C6H5ClN2O. The summed E-state index contributed by atoms with van der Waals surface area (Å²) in [6.07, 6.45) is 2.59. The van der Waals surface area contributed by atoms with Crippen LogP contribution in [0.25, 0.3) is 0 Å². The fourth-order valence-electron chi connectivity index (χ4n) is 0.569. The summed E-state index contributed by atoms with van der Waals surface area (Å²) in [6.45, 7) is 0. The molecule has 4 heteroatoms. The Bertz CT molecular complexity index is 239. The predicted molar refractivity (Wildman–Crippen MR) is 36.8 cm³/mol. The standard InChI is InChI=1S/C6H5ClN2O/c7-6-8-3-1-5(9-6)2-4-10/h1,3-4H,2H2. The first-order chi connectivity index (χ1) is 4.83. The quantitative estimate of drug-likeness (QED) is 0.472. The highest BCUT2D eigenvalue weighted by Gasteiger charge is 1.93. The van der Waals surface area contributed by atoms with Crippen LogP contribution in [0.3, 0.4) is 0 Å². The van der Waals surface area contributed by atoms with Gasteiger partial charge >= 0.3 is 0 Å². The Kier molecular flexibility index (Phi) is 2.34. The van der Waals surface area contributed by atoms with Crippen molar-refractivity contribution in [2.75, 3.05) is 0 Å². The average molecular weight is 157 g/mol. The molecule has 0 bridgehead atoms. The van der Waals surface area contributed by atoms with Crippen LogP contribution >= 0.6 is 11.6 Å². The van der Waals surface area contributed by atoms with Crippen molar-refractivity contribution in [2.45, 2.75) is 6.42 Å². The highest BCUT2D eigenvalue weighted by Crippen LogP contribution is 1.99. The van der Waals surface area contributed by atoms with Crippen LogP contribution in [0.4, 0.5) is 0 Å². The largest absolute Gasteiger partial charge is 0.303 e. The number of aldehydes is 1. The van der Waals surface area contributed by atoms with E-state index < -0.39 is 0 Å². The Balaban J connectivity index is 2.84. The summed E-state index contributed by atoms with van der Waals surface area (Å²) in [5.41, 5.74) is 0.648. The number of nitrogens with zero attached hydrogens (tertiary/aromatic N) is 2. The summed E-state index contributed by atoms with van der Waals surface area (Å²) >= 11 is 5.44. The molecule has 0 radical (unpaired) electrons. The highest BCUT2D eigenvalue weighted by atomic mass is 35.5. The van der Waals surface area contributed by atoms with Crippen molar-refractivity contribution in [2.24, 2.45) is 0 Å². The molecule has 0 aliphatic carbocycles. The molecule has 1 heterocycles. The molecule has 3 nitrogen and oxygen atoms in total.